The van der Waals surface area contributed by atoms with Crippen LogP contribution in [0, 0.1) is 0 Å². The molecule has 1 aromatic carbocycles. The van der Waals surface area contributed by atoms with Crippen LogP contribution in [-0.4, -0.2) is 11.0 Å². The third-order valence-corrected chi connectivity index (χ3v) is 3.82. The zero-order chi connectivity index (χ0) is 13.8. The highest BCUT2D eigenvalue weighted by atomic mass is 32.1. The molecule has 0 bridgehead atoms. The van der Waals surface area contributed by atoms with E-state index in [1.165, 1.54) is 11.3 Å². The Balaban J connectivity index is 2.18. The lowest BCUT2D eigenvalue weighted by Crippen LogP contribution is -2.12. The summed E-state index contributed by atoms with van der Waals surface area (Å²) in [5.41, 5.74) is 2.56. The number of anilines is 1. The summed E-state index contributed by atoms with van der Waals surface area (Å²) < 4.78 is 0. The third-order valence-electron chi connectivity index (χ3n) is 2.89. The van der Waals surface area contributed by atoms with E-state index >= 15 is 0 Å². The average molecular weight is 275 g/mol. The molecule has 100 valence electrons. The number of hydrogen-bond acceptors (Lipinski definition) is 3. The summed E-state index contributed by atoms with van der Waals surface area (Å²) in [4.78, 5) is 13.0. The minimum atomic E-state index is -0.0891. The van der Waals surface area contributed by atoms with Crippen LogP contribution < -0.4 is 5.32 Å². The number of amides is 1. The van der Waals surface area contributed by atoms with Crippen LogP contribution in [0.25, 0.3) is 0 Å². The summed E-state index contributed by atoms with van der Waals surface area (Å²) in [6, 6.07) is 9.23. The van der Waals surface area contributed by atoms with E-state index in [-0.39, 0.29) is 12.5 Å². The highest BCUT2D eigenvalue weighted by Gasteiger charge is 2.15. The second-order valence-electron chi connectivity index (χ2n) is 4.67. The molecule has 2 rings (SSSR count). The van der Waals surface area contributed by atoms with Crippen LogP contribution in [0.15, 0.2) is 35.7 Å². The number of aliphatic hydroxyl groups excluding tert-OH is 1. The fourth-order valence-corrected chi connectivity index (χ4v) is 2.84. The lowest BCUT2D eigenvalue weighted by molar-refractivity contribution is 0.102. The summed E-state index contributed by atoms with van der Waals surface area (Å²) in [6.07, 6.45) is 0. The zero-order valence-corrected chi connectivity index (χ0v) is 11.8. The van der Waals surface area contributed by atoms with E-state index < -0.39 is 0 Å². The zero-order valence-electron chi connectivity index (χ0n) is 11.0. The molecular formula is C15H17NO2S. The number of carbonyl (C=O) groups is 1. The molecule has 0 saturated heterocycles. The van der Waals surface area contributed by atoms with Gasteiger partial charge >= 0.3 is 0 Å². The number of hydrogen-bond donors (Lipinski definition) is 2. The van der Waals surface area contributed by atoms with E-state index in [2.05, 4.69) is 19.2 Å². The second kappa shape index (κ2) is 5.99. The maximum atomic E-state index is 12.2. The Kier molecular flexibility index (Phi) is 4.35. The van der Waals surface area contributed by atoms with E-state index in [1.807, 2.05) is 29.6 Å². The van der Waals surface area contributed by atoms with Gasteiger partial charge in [-0.05, 0) is 40.6 Å². The molecule has 0 fully saturated rings. The molecule has 0 unspecified atom stereocenters. The number of carbonyl (C=O) groups excluding carboxylic acids is 1. The number of benzene rings is 1. The van der Waals surface area contributed by atoms with Gasteiger partial charge in [-0.2, -0.15) is 0 Å². The molecule has 0 aliphatic heterocycles. The van der Waals surface area contributed by atoms with Gasteiger partial charge in [0.05, 0.1) is 11.5 Å². The Hall–Kier alpha value is -1.65. The van der Waals surface area contributed by atoms with Crippen molar-refractivity contribution in [1.29, 1.82) is 0 Å². The molecule has 1 aromatic heterocycles. The number of nitrogens with one attached hydrogen (secondary N) is 1. The van der Waals surface area contributed by atoms with Crippen LogP contribution >= 0.6 is 11.3 Å². The summed E-state index contributed by atoms with van der Waals surface area (Å²) >= 11 is 1.45. The van der Waals surface area contributed by atoms with Crippen molar-refractivity contribution in [3.63, 3.8) is 0 Å². The Bertz CT molecular complexity index is 575. The first kappa shape index (κ1) is 13.8. The maximum absolute atomic E-state index is 12.2. The van der Waals surface area contributed by atoms with Gasteiger partial charge in [0, 0.05) is 5.69 Å². The first-order valence-electron chi connectivity index (χ1n) is 6.20. The minimum Gasteiger partial charge on any atom is -0.392 e. The van der Waals surface area contributed by atoms with E-state index in [0.29, 0.717) is 11.6 Å². The second-order valence-corrected chi connectivity index (χ2v) is 5.59. The van der Waals surface area contributed by atoms with Crippen molar-refractivity contribution >= 4 is 22.9 Å². The SMILES string of the molecule is CC(C)c1ccsc1C(=O)Nc1cccc(CO)c1. The molecule has 1 amide bonds. The molecule has 2 N–H and O–H groups in total. The predicted molar refractivity (Wildman–Crippen MR) is 78.7 cm³/mol. The van der Waals surface area contributed by atoms with Crippen molar-refractivity contribution < 1.29 is 9.90 Å². The Morgan fingerprint density at radius 1 is 1.37 bits per heavy atom. The number of rotatable bonds is 4. The normalized spacial score (nSPS) is 10.7. The number of thiophene rings is 1. The van der Waals surface area contributed by atoms with E-state index in [4.69, 9.17) is 5.11 Å². The van der Waals surface area contributed by atoms with Crippen LogP contribution in [0.3, 0.4) is 0 Å². The molecule has 3 nitrogen and oxygen atoms in total. The molecule has 0 aliphatic rings. The first-order valence-corrected chi connectivity index (χ1v) is 7.08. The van der Waals surface area contributed by atoms with Crippen LogP contribution in [0.4, 0.5) is 5.69 Å². The standard InChI is InChI=1S/C15H17NO2S/c1-10(2)13-6-7-19-14(13)15(18)16-12-5-3-4-11(8-12)9-17/h3-8,10,17H,9H2,1-2H3,(H,16,18). The molecule has 0 spiro atoms. The Morgan fingerprint density at radius 3 is 2.84 bits per heavy atom. The lowest BCUT2D eigenvalue weighted by Gasteiger charge is -2.09. The Labute approximate surface area is 116 Å². The van der Waals surface area contributed by atoms with Crippen LogP contribution in [0.5, 0.6) is 0 Å². The van der Waals surface area contributed by atoms with Crippen molar-refractivity contribution in [3.8, 4) is 0 Å². The topological polar surface area (TPSA) is 49.3 Å². The average Bonchev–Trinajstić information content (AvgIpc) is 2.88. The quantitative estimate of drug-likeness (QED) is 0.895. The van der Waals surface area contributed by atoms with Crippen molar-refractivity contribution in [1.82, 2.24) is 0 Å². The van der Waals surface area contributed by atoms with Crippen molar-refractivity contribution in [2.75, 3.05) is 5.32 Å². The van der Waals surface area contributed by atoms with Crippen LogP contribution in [-0.2, 0) is 6.61 Å². The van der Waals surface area contributed by atoms with Crippen molar-refractivity contribution in [2.45, 2.75) is 26.4 Å². The molecule has 2 aromatic rings. The van der Waals surface area contributed by atoms with E-state index in [1.54, 1.807) is 6.07 Å². The molecule has 19 heavy (non-hydrogen) atoms. The summed E-state index contributed by atoms with van der Waals surface area (Å²) in [5.74, 6) is 0.240. The fraction of sp³-hybridized carbons (Fsp3) is 0.267. The van der Waals surface area contributed by atoms with Gasteiger partial charge in [-0.1, -0.05) is 26.0 Å². The monoisotopic (exact) mass is 275 g/mol. The first-order chi connectivity index (χ1) is 9.11. The molecule has 0 radical (unpaired) electrons. The molecule has 0 aliphatic carbocycles. The predicted octanol–water partition coefficient (Wildman–Crippen LogP) is 3.62. The van der Waals surface area contributed by atoms with Crippen molar-refractivity contribution in [3.05, 3.63) is 51.7 Å². The van der Waals surface area contributed by atoms with Crippen molar-refractivity contribution in [2.24, 2.45) is 0 Å². The van der Waals surface area contributed by atoms with Gasteiger partial charge in [-0.3, -0.25) is 4.79 Å². The fourth-order valence-electron chi connectivity index (χ4n) is 1.89. The van der Waals surface area contributed by atoms with Gasteiger partial charge in [0.25, 0.3) is 5.91 Å². The van der Waals surface area contributed by atoms with Gasteiger partial charge in [0.15, 0.2) is 0 Å². The number of aliphatic hydroxyl groups is 1. The largest absolute Gasteiger partial charge is 0.392 e. The summed E-state index contributed by atoms with van der Waals surface area (Å²) in [6.45, 7) is 4.12. The van der Waals surface area contributed by atoms with Gasteiger partial charge in [-0.15, -0.1) is 11.3 Å². The molecule has 0 atom stereocenters. The van der Waals surface area contributed by atoms with Crippen LogP contribution in [0.2, 0.25) is 0 Å². The van der Waals surface area contributed by atoms with Gasteiger partial charge in [0.2, 0.25) is 0 Å². The van der Waals surface area contributed by atoms with Crippen LogP contribution in [0.1, 0.15) is 40.6 Å². The smallest absolute Gasteiger partial charge is 0.266 e. The molecule has 4 heteroatoms. The van der Waals surface area contributed by atoms with E-state index in [0.717, 1.165) is 16.0 Å². The molecule has 1 heterocycles. The van der Waals surface area contributed by atoms with Gasteiger partial charge in [-0.25, -0.2) is 0 Å². The lowest BCUT2D eigenvalue weighted by atomic mass is 10.0. The summed E-state index contributed by atoms with van der Waals surface area (Å²) in [5, 5.41) is 13.9. The highest BCUT2D eigenvalue weighted by molar-refractivity contribution is 7.12. The molecular weight excluding hydrogens is 258 g/mol. The maximum Gasteiger partial charge on any atom is 0.266 e. The third kappa shape index (κ3) is 3.22. The van der Waals surface area contributed by atoms with E-state index in [9.17, 15) is 4.79 Å². The summed E-state index contributed by atoms with van der Waals surface area (Å²) in [7, 11) is 0. The molecule has 0 saturated carbocycles. The minimum absolute atomic E-state index is 0.0278. The highest BCUT2D eigenvalue weighted by Crippen LogP contribution is 2.25. The van der Waals surface area contributed by atoms with Gasteiger partial charge in [0.1, 0.15) is 0 Å². The van der Waals surface area contributed by atoms with Gasteiger partial charge < -0.3 is 10.4 Å². The Morgan fingerprint density at radius 2 is 2.16 bits per heavy atom.